The minimum absolute atomic E-state index is 0.0319. The molecule has 3 aromatic rings. The van der Waals surface area contributed by atoms with E-state index in [0.717, 1.165) is 55.0 Å². The third-order valence-corrected chi connectivity index (χ3v) is 8.06. The highest BCUT2D eigenvalue weighted by Gasteiger charge is 2.32. The fraction of sp³-hybridized carbons (Fsp3) is 0.423. The monoisotopic (exact) mass is 515 g/mol. The maximum Gasteiger partial charge on any atom is 0.416 e. The minimum Gasteiger partial charge on any atom is -0.327 e. The van der Waals surface area contributed by atoms with Gasteiger partial charge in [0.2, 0.25) is 0 Å². The van der Waals surface area contributed by atoms with Crippen LogP contribution in [0.1, 0.15) is 37.3 Å². The number of carbonyl (C=O) groups excluding carboxylic acids is 1. The van der Waals surface area contributed by atoms with Crippen molar-refractivity contribution in [2.45, 2.75) is 37.6 Å². The van der Waals surface area contributed by atoms with Gasteiger partial charge in [-0.15, -0.1) is 0 Å². The second-order valence-electron chi connectivity index (χ2n) is 9.21. The maximum atomic E-state index is 13.2. The number of fused-ring (bicyclic) bond motifs is 1. The number of aryl methyl sites for hydroxylation is 1. The Hall–Kier alpha value is -2.85. The molecule has 6 nitrogen and oxygen atoms in total. The molecule has 10 heteroatoms. The van der Waals surface area contributed by atoms with Gasteiger partial charge in [-0.25, -0.2) is 9.99 Å². The predicted molar refractivity (Wildman–Crippen MR) is 137 cm³/mol. The lowest BCUT2D eigenvalue weighted by Crippen LogP contribution is -2.39. The number of halogens is 3. The topological polar surface area (TPSA) is 53.7 Å². The third kappa shape index (κ3) is 4.88. The zero-order valence-corrected chi connectivity index (χ0v) is 21.1. The molecule has 0 spiro atoms. The molecule has 0 saturated carbocycles. The Labute approximate surface area is 212 Å². The number of imidazole rings is 1. The number of likely N-dealkylation sites (tertiary alicyclic amines) is 1. The standard InChI is InChI=1S/C26H28F3N5OS/c1-3-22-23(31-34(25(35)36-22)14-13-33-11-4-5-12-33)17-9-10-21-20(16-17)30-24(32(21)2)18-7-6-8-19(15-18)26(27,28)29/h6-10,15-16,22H,3-5,11-14H2,1-2H3. The molecule has 3 heterocycles. The number of nitrogens with zero attached hydrogens (tertiary/aromatic N) is 5. The van der Waals surface area contributed by atoms with Crippen molar-refractivity contribution in [2.75, 3.05) is 26.2 Å². The molecule has 2 aliphatic heterocycles. The SMILES string of the molecule is CCC1SC(=O)N(CCN2CCCC2)N=C1c1ccc2c(c1)nc(-c1cccc(C(F)(F)F)c1)n2C. The van der Waals surface area contributed by atoms with Crippen molar-refractivity contribution in [3.8, 4) is 11.4 Å². The van der Waals surface area contributed by atoms with E-state index in [2.05, 4.69) is 9.88 Å². The normalized spacial score (nSPS) is 19.4. The number of thioether (sulfide) groups is 1. The number of hydrazone groups is 1. The predicted octanol–water partition coefficient (Wildman–Crippen LogP) is 6.01. The quantitative estimate of drug-likeness (QED) is 0.404. The Morgan fingerprint density at radius 2 is 1.83 bits per heavy atom. The lowest BCUT2D eigenvalue weighted by atomic mass is 10.0. The van der Waals surface area contributed by atoms with E-state index in [9.17, 15) is 18.0 Å². The zero-order valence-electron chi connectivity index (χ0n) is 20.3. The highest BCUT2D eigenvalue weighted by Crippen LogP contribution is 2.34. The molecule has 190 valence electrons. The van der Waals surface area contributed by atoms with E-state index in [1.54, 1.807) is 22.7 Å². The molecule has 2 aliphatic rings. The molecular formula is C26H28F3N5OS. The molecule has 5 rings (SSSR count). The van der Waals surface area contributed by atoms with E-state index < -0.39 is 11.7 Å². The maximum absolute atomic E-state index is 13.2. The van der Waals surface area contributed by atoms with Crippen LogP contribution in [-0.4, -0.2) is 61.8 Å². The Bertz CT molecular complexity index is 1310. The van der Waals surface area contributed by atoms with E-state index in [1.165, 1.54) is 30.7 Å². The number of hydrogen-bond donors (Lipinski definition) is 0. The van der Waals surface area contributed by atoms with E-state index in [1.807, 2.05) is 25.1 Å². The van der Waals surface area contributed by atoms with E-state index in [4.69, 9.17) is 5.10 Å². The Kier molecular flexibility index (Phi) is 6.82. The average molecular weight is 516 g/mol. The summed E-state index contributed by atoms with van der Waals surface area (Å²) in [5.74, 6) is 0.461. The van der Waals surface area contributed by atoms with Crippen molar-refractivity contribution in [2.24, 2.45) is 12.1 Å². The number of carbonyl (C=O) groups is 1. The highest BCUT2D eigenvalue weighted by molar-refractivity contribution is 8.14. The van der Waals surface area contributed by atoms with Crippen LogP contribution < -0.4 is 0 Å². The molecule has 1 fully saturated rings. The van der Waals surface area contributed by atoms with Gasteiger partial charge in [0.05, 0.1) is 34.1 Å². The molecule has 0 aliphatic carbocycles. The van der Waals surface area contributed by atoms with Crippen molar-refractivity contribution in [1.82, 2.24) is 19.5 Å². The lowest BCUT2D eigenvalue weighted by Gasteiger charge is -2.29. The van der Waals surface area contributed by atoms with Gasteiger partial charge in [-0.2, -0.15) is 18.3 Å². The summed E-state index contributed by atoms with van der Waals surface area (Å²) in [6.45, 7) is 5.52. The van der Waals surface area contributed by atoms with Crippen LogP contribution in [0.15, 0.2) is 47.6 Å². The van der Waals surface area contributed by atoms with Crippen LogP contribution in [0.4, 0.5) is 18.0 Å². The van der Waals surface area contributed by atoms with Crippen molar-refractivity contribution in [1.29, 1.82) is 0 Å². The van der Waals surface area contributed by atoms with Gasteiger partial charge in [0.15, 0.2) is 0 Å². The second kappa shape index (κ2) is 9.89. The molecule has 0 bridgehead atoms. The molecule has 1 saturated heterocycles. The van der Waals surface area contributed by atoms with Gasteiger partial charge in [0, 0.05) is 24.7 Å². The summed E-state index contributed by atoms with van der Waals surface area (Å²) < 4.78 is 41.5. The summed E-state index contributed by atoms with van der Waals surface area (Å²) in [7, 11) is 1.80. The number of aromatic nitrogens is 2. The smallest absolute Gasteiger partial charge is 0.327 e. The first-order valence-electron chi connectivity index (χ1n) is 12.2. The van der Waals surface area contributed by atoms with Crippen molar-refractivity contribution < 1.29 is 18.0 Å². The number of hydrogen-bond acceptors (Lipinski definition) is 5. The molecular weight excluding hydrogens is 487 g/mol. The Balaban J connectivity index is 1.48. The van der Waals surface area contributed by atoms with Crippen LogP contribution in [0.2, 0.25) is 0 Å². The van der Waals surface area contributed by atoms with Crippen LogP contribution in [0.25, 0.3) is 22.4 Å². The van der Waals surface area contributed by atoms with Gasteiger partial charge in [-0.3, -0.25) is 4.79 Å². The van der Waals surface area contributed by atoms with Gasteiger partial charge in [0.25, 0.3) is 0 Å². The third-order valence-electron chi connectivity index (χ3n) is 6.81. The van der Waals surface area contributed by atoms with Crippen LogP contribution in [0.5, 0.6) is 0 Å². The summed E-state index contributed by atoms with van der Waals surface area (Å²) in [6, 6.07) is 11.0. The first-order chi connectivity index (χ1) is 17.2. The first kappa shape index (κ1) is 24.8. The molecule has 0 radical (unpaired) electrons. The molecule has 2 aromatic carbocycles. The molecule has 36 heavy (non-hydrogen) atoms. The lowest BCUT2D eigenvalue weighted by molar-refractivity contribution is -0.137. The summed E-state index contributed by atoms with van der Waals surface area (Å²) in [5, 5.41) is 6.25. The zero-order chi connectivity index (χ0) is 25.4. The Morgan fingerprint density at radius 3 is 2.56 bits per heavy atom. The van der Waals surface area contributed by atoms with E-state index >= 15 is 0 Å². The number of alkyl halides is 3. The van der Waals surface area contributed by atoms with Crippen LogP contribution in [0, 0.1) is 0 Å². The summed E-state index contributed by atoms with van der Waals surface area (Å²) >= 11 is 1.30. The van der Waals surface area contributed by atoms with Gasteiger partial charge in [-0.1, -0.05) is 36.9 Å². The summed E-state index contributed by atoms with van der Waals surface area (Å²) in [4.78, 5) is 19.8. The Morgan fingerprint density at radius 1 is 1.06 bits per heavy atom. The fourth-order valence-electron chi connectivity index (χ4n) is 4.83. The van der Waals surface area contributed by atoms with Crippen LogP contribution >= 0.6 is 11.8 Å². The highest BCUT2D eigenvalue weighted by atomic mass is 32.2. The van der Waals surface area contributed by atoms with Gasteiger partial charge < -0.3 is 9.47 Å². The van der Waals surface area contributed by atoms with Gasteiger partial charge in [0.1, 0.15) is 5.82 Å². The van der Waals surface area contributed by atoms with Crippen molar-refractivity contribution in [3.05, 3.63) is 53.6 Å². The van der Waals surface area contributed by atoms with Crippen LogP contribution in [-0.2, 0) is 13.2 Å². The fourth-order valence-corrected chi connectivity index (χ4v) is 5.79. The second-order valence-corrected chi connectivity index (χ2v) is 10.4. The largest absolute Gasteiger partial charge is 0.416 e. The van der Waals surface area contributed by atoms with Crippen LogP contribution in [0.3, 0.4) is 0 Å². The molecule has 1 amide bonds. The summed E-state index contributed by atoms with van der Waals surface area (Å²) in [5.41, 5.74) is 2.88. The summed E-state index contributed by atoms with van der Waals surface area (Å²) in [6.07, 6.45) is -1.27. The van der Waals surface area contributed by atoms with E-state index in [0.29, 0.717) is 23.4 Å². The first-order valence-corrected chi connectivity index (χ1v) is 13.1. The van der Waals surface area contributed by atoms with Gasteiger partial charge >= 0.3 is 11.4 Å². The molecule has 1 aromatic heterocycles. The molecule has 1 atom stereocenters. The molecule has 0 N–H and O–H groups in total. The van der Waals surface area contributed by atoms with Gasteiger partial charge in [-0.05, 0) is 56.6 Å². The van der Waals surface area contributed by atoms with Crippen molar-refractivity contribution >= 4 is 33.7 Å². The average Bonchev–Trinajstić information content (AvgIpc) is 3.50. The number of rotatable bonds is 6. The molecule has 1 unspecified atom stereocenters. The number of benzene rings is 2. The minimum atomic E-state index is -4.42. The number of amides is 1. The van der Waals surface area contributed by atoms with Crippen molar-refractivity contribution in [3.63, 3.8) is 0 Å². The van der Waals surface area contributed by atoms with E-state index in [-0.39, 0.29) is 10.5 Å².